The number of hydrogen-bond acceptors (Lipinski definition) is 4. The minimum absolute atomic E-state index is 0.431. The first-order valence-electron chi connectivity index (χ1n) is 8.85. The Morgan fingerprint density at radius 3 is 2.57 bits per heavy atom. The van der Waals surface area contributed by atoms with Crippen LogP contribution in [0.4, 0.5) is 0 Å². The lowest BCUT2D eigenvalue weighted by atomic mass is 10.1. The Hall–Kier alpha value is -3.86. The molecule has 0 saturated heterocycles. The topological polar surface area (TPSA) is 64.2 Å². The number of ether oxygens (including phenoxy) is 2. The van der Waals surface area contributed by atoms with Crippen molar-refractivity contribution in [3.8, 4) is 11.5 Å². The third-order valence-electron chi connectivity index (χ3n) is 4.19. The number of benzene rings is 2. The molecule has 2 heterocycles. The second-order valence-corrected chi connectivity index (χ2v) is 6.19. The molecule has 5 nitrogen and oxygen atoms in total. The number of aromatic nitrogens is 2. The van der Waals surface area contributed by atoms with Gasteiger partial charge in [-0.1, -0.05) is 6.07 Å². The van der Waals surface area contributed by atoms with E-state index in [1.165, 1.54) is 6.08 Å². The number of nitrogens with one attached hydrogen (secondary N) is 1. The van der Waals surface area contributed by atoms with Crippen molar-refractivity contribution >= 4 is 22.9 Å². The van der Waals surface area contributed by atoms with Crippen LogP contribution in [0.25, 0.3) is 17.0 Å². The van der Waals surface area contributed by atoms with Gasteiger partial charge in [0.2, 0.25) is 0 Å². The van der Waals surface area contributed by atoms with Crippen LogP contribution in [-0.2, 0) is 11.4 Å². The maximum absolute atomic E-state index is 12.0. The molecule has 4 rings (SSSR count). The van der Waals surface area contributed by atoms with Gasteiger partial charge in [-0.2, -0.15) is 0 Å². The Balaban J connectivity index is 1.32. The van der Waals surface area contributed by atoms with Gasteiger partial charge in [0.15, 0.2) is 0 Å². The summed E-state index contributed by atoms with van der Waals surface area (Å²) in [6, 6.07) is 18.7. The number of esters is 1. The van der Waals surface area contributed by atoms with Crippen molar-refractivity contribution in [3.05, 3.63) is 96.5 Å². The van der Waals surface area contributed by atoms with E-state index in [-0.39, 0.29) is 0 Å². The SMILES string of the molecule is O=C(/C=C/c1ccc2[nH]ccc2c1)Oc1ccc(OCc2ccncc2)cc1. The van der Waals surface area contributed by atoms with Crippen molar-refractivity contribution < 1.29 is 14.3 Å². The smallest absolute Gasteiger partial charge is 0.336 e. The average Bonchev–Trinajstić information content (AvgIpc) is 3.20. The van der Waals surface area contributed by atoms with Gasteiger partial charge in [0.1, 0.15) is 18.1 Å². The minimum Gasteiger partial charge on any atom is -0.489 e. The summed E-state index contributed by atoms with van der Waals surface area (Å²) in [6.45, 7) is 0.454. The van der Waals surface area contributed by atoms with Gasteiger partial charge in [0, 0.05) is 30.2 Å². The second kappa shape index (κ2) is 8.22. The molecule has 1 N–H and O–H groups in total. The van der Waals surface area contributed by atoms with E-state index in [1.807, 2.05) is 42.6 Å². The summed E-state index contributed by atoms with van der Waals surface area (Å²) in [5.41, 5.74) is 3.03. The molecule has 4 aromatic rings. The second-order valence-electron chi connectivity index (χ2n) is 6.19. The zero-order chi connectivity index (χ0) is 19.2. The fourth-order valence-corrected chi connectivity index (χ4v) is 2.74. The Labute approximate surface area is 162 Å². The monoisotopic (exact) mass is 370 g/mol. The standard InChI is InChI=1S/C23H18N2O3/c26-23(8-2-17-1-7-22-19(15-17)11-14-25-22)28-21-5-3-20(4-6-21)27-16-18-9-12-24-13-10-18/h1-15,25H,16H2/b8-2+. The van der Waals surface area contributed by atoms with E-state index >= 15 is 0 Å². The average molecular weight is 370 g/mol. The quantitative estimate of drug-likeness (QED) is 0.302. The highest BCUT2D eigenvalue weighted by molar-refractivity contribution is 5.90. The first-order valence-corrected chi connectivity index (χ1v) is 8.85. The van der Waals surface area contributed by atoms with Crippen molar-refractivity contribution in [3.63, 3.8) is 0 Å². The zero-order valence-corrected chi connectivity index (χ0v) is 15.0. The van der Waals surface area contributed by atoms with E-state index in [9.17, 15) is 4.79 Å². The number of H-pyrrole nitrogens is 1. The number of aromatic amines is 1. The number of rotatable bonds is 6. The van der Waals surface area contributed by atoms with Crippen molar-refractivity contribution in [2.75, 3.05) is 0 Å². The van der Waals surface area contributed by atoms with Crippen LogP contribution in [0.2, 0.25) is 0 Å². The van der Waals surface area contributed by atoms with E-state index in [4.69, 9.17) is 9.47 Å². The van der Waals surface area contributed by atoms with E-state index in [2.05, 4.69) is 9.97 Å². The van der Waals surface area contributed by atoms with Crippen LogP contribution in [0, 0.1) is 0 Å². The summed E-state index contributed by atoms with van der Waals surface area (Å²) in [5.74, 6) is 0.735. The van der Waals surface area contributed by atoms with Gasteiger partial charge in [0.25, 0.3) is 0 Å². The van der Waals surface area contributed by atoms with Gasteiger partial charge in [-0.3, -0.25) is 4.98 Å². The van der Waals surface area contributed by atoms with Crippen LogP contribution in [0.3, 0.4) is 0 Å². The molecule has 28 heavy (non-hydrogen) atoms. The van der Waals surface area contributed by atoms with Crippen LogP contribution < -0.4 is 9.47 Å². The number of hydrogen-bond donors (Lipinski definition) is 1. The molecule has 2 aromatic carbocycles. The molecule has 0 bridgehead atoms. The Morgan fingerprint density at radius 1 is 0.964 bits per heavy atom. The summed E-state index contributed by atoms with van der Waals surface area (Å²) in [5, 5.41) is 1.10. The molecule has 0 radical (unpaired) electrons. The first-order chi connectivity index (χ1) is 13.8. The van der Waals surface area contributed by atoms with Gasteiger partial charge >= 0.3 is 5.97 Å². The van der Waals surface area contributed by atoms with E-state index in [0.29, 0.717) is 18.1 Å². The maximum atomic E-state index is 12.0. The molecule has 0 aliphatic carbocycles. The third-order valence-corrected chi connectivity index (χ3v) is 4.19. The molecule has 0 amide bonds. The number of nitrogens with zero attached hydrogens (tertiary/aromatic N) is 1. The van der Waals surface area contributed by atoms with Crippen molar-refractivity contribution in [1.82, 2.24) is 9.97 Å². The molecule has 0 fully saturated rings. The summed E-state index contributed by atoms with van der Waals surface area (Å²) in [7, 11) is 0. The largest absolute Gasteiger partial charge is 0.489 e. The van der Waals surface area contributed by atoms with E-state index in [0.717, 1.165) is 22.0 Å². The van der Waals surface area contributed by atoms with Crippen LogP contribution in [0.1, 0.15) is 11.1 Å². The predicted octanol–water partition coefficient (Wildman–Crippen LogP) is 4.76. The predicted molar refractivity (Wildman–Crippen MR) is 108 cm³/mol. The van der Waals surface area contributed by atoms with Crippen LogP contribution in [-0.4, -0.2) is 15.9 Å². The van der Waals surface area contributed by atoms with E-state index in [1.54, 1.807) is 42.7 Å². The number of fused-ring (bicyclic) bond motifs is 1. The molecule has 0 aliphatic rings. The molecule has 2 aromatic heterocycles. The van der Waals surface area contributed by atoms with Gasteiger partial charge in [-0.05, 0) is 77.2 Å². The molecule has 0 aliphatic heterocycles. The summed E-state index contributed by atoms with van der Waals surface area (Å²) in [6.07, 6.45) is 8.50. The van der Waals surface area contributed by atoms with Gasteiger partial charge in [-0.15, -0.1) is 0 Å². The molecule has 138 valence electrons. The van der Waals surface area contributed by atoms with Gasteiger partial charge in [0.05, 0.1) is 0 Å². The lowest BCUT2D eigenvalue weighted by Gasteiger charge is -2.07. The third kappa shape index (κ3) is 4.45. The van der Waals surface area contributed by atoms with Crippen molar-refractivity contribution in [2.24, 2.45) is 0 Å². The zero-order valence-electron chi connectivity index (χ0n) is 15.0. The van der Waals surface area contributed by atoms with Gasteiger partial charge in [-0.25, -0.2) is 4.79 Å². The first kappa shape index (κ1) is 17.5. The molecule has 5 heteroatoms. The Morgan fingerprint density at radius 2 is 1.75 bits per heavy atom. The van der Waals surface area contributed by atoms with Crippen LogP contribution in [0.15, 0.2) is 85.3 Å². The summed E-state index contributed by atoms with van der Waals surface area (Å²) >= 11 is 0. The molecular weight excluding hydrogens is 352 g/mol. The molecule has 0 saturated carbocycles. The molecule has 0 unspecified atom stereocenters. The lowest BCUT2D eigenvalue weighted by Crippen LogP contribution is -2.03. The highest BCUT2D eigenvalue weighted by atomic mass is 16.5. The molecular formula is C23H18N2O3. The summed E-state index contributed by atoms with van der Waals surface area (Å²) < 4.78 is 11.0. The van der Waals surface area contributed by atoms with Crippen molar-refractivity contribution in [2.45, 2.75) is 6.61 Å². The highest BCUT2D eigenvalue weighted by Crippen LogP contribution is 2.19. The lowest BCUT2D eigenvalue weighted by molar-refractivity contribution is -0.128. The number of carbonyl (C=O) groups is 1. The van der Waals surface area contributed by atoms with Gasteiger partial charge < -0.3 is 14.5 Å². The molecule has 0 spiro atoms. The number of carbonyl (C=O) groups excluding carboxylic acids is 1. The Bertz CT molecular complexity index is 1100. The highest BCUT2D eigenvalue weighted by Gasteiger charge is 2.02. The van der Waals surface area contributed by atoms with Crippen LogP contribution in [0.5, 0.6) is 11.5 Å². The summed E-state index contributed by atoms with van der Waals surface area (Å²) in [4.78, 5) is 19.2. The Kier molecular flexibility index (Phi) is 5.15. The fraction of sp³-hybridized carbons (Fsp3) is 0.0435. The number of pyridine rings is 1. The maximum Gasteiger partial charge on any atom is 0.336 e. The minimum atomic E-state index is -0.431. The molecule has 0 atom stereocenters. The van der Waals surface area contributed by atoms with Crippen molar-refractivity contribution in [1.29, 1.82) is 0 Å². The van der Waals surface area contributed by atoms with E-state index < -0.39 is 5.97 Å². The fourth-order valence-electron chi connectivity index (χ4n) is 2.74. The normalized spacial score (nSPS) is 11.0. The van der Waals surface area contributed by atoms with Crippen LogP contribution >= 0.6 is 0 Å².